The molecule has 1 aromatic carbocycles. The fourth-order valence-corrected chi connectivity index (χ4v) is 5.93. The molecule has 27 heavy (non-hydrogen) atoms. The van der Waals surface area contributed by atoms with E-state index in [1.807, 2.05) is 13.1 Å². The van der Waals surface area contributed by atoms with Gasteiger partial charge in [0.15, 0.2) is 0 Å². The third-order valence-corrected chi connectivity index (χ3v) is 7.12. The summed E-state index contributed by atoms with van der Waals surface area (Å²) in [5.41, 5.74) is 1.07. The zero-order valence-electron chi connectivity index (χ0n) is 16.6. The van der Waals surface area contributed by atoms with Gasteiger partial charge in [0.25, 0.3) is 0 Å². The second-order valence-electron chi connectivity index (χ2n) is 8.73. The minimum Gasteiger partial charge on any atom is -0.497 e. The second kappa shape index (κ2) is 8.40. The Labute approximate surface area is 169 Å². The van der Waals surface area contributed by atoms with E-state index in [9.17, 15) is 4.79 Å². The minimum absolute atomic E-state index is 0. The second-order valence-corrected chi connectivity index (χ2v) is 8.73. The number of fused-ring (bicyclic) bond motifs is 2. The molecule has 150 valence electrons. The molecule has 1 amide bonds. The number of nitrogens with zero attached hydrogens (tertiary/aromatic N) is 1. The third-order valence-electron chi connectivity index (χ3n) is 7.12. The standard InChI is InChI=1S/C22H32N2O2.ClH/c1-23-14-18-8-9-24(15-18)21(25)22(13-17-6-7-19(22)10-17)12-16-4-3-5-20(11-16)26-2;/h3-5,11,17-19,23H,6-10,12-15H2,1-2H3;1H. The predicted octanol–water partition coefficient (Wildman–Crippen LogP) is 3.53. The Morgan fingerprint density at radius 3 is 2.85 bits per heavy atom. The fourth-order valence-electron chi connectivity index (χ4n) is 5.93. The van der Waals surface area contributed by atoms with Crippen molar-refractivity contribution in [2.24, 2.45) is 23.2 Å². The normalized spacial score (nSPS) is 31.8. The molecule has 1 saturated heterocycles. The number of carbonyl (C=O) groups excluding carboxylic acids is 1. The third kappa shape index (κ3) is 3.84. The highest BCUT2D eigenvalue weighted by molar-refractivity contribution is 5.85. The van der Waals surface area contributed by atoms with Gasteiger partial charge in [-0.15, -0.1) is 12.4 Å². The van der Waals surface area contributed by atoms with Crippen molar-refractivity contribution in [1.82, 2.24) is 10.2 Å². The van der Waals surface area contributed by atoms with E-state index in [0.717, 1.165) is 50.6 Å². The Bertz CT molecular complexity index is 667. The summed E-state index contributed by atoms with van der Waals surface area (Å²) < 4.78 is 5.41. The fraction of sp³-hybridized carbons (Fsp3) is 0.682. The maximum absolute atomic E-state index is 13.7. The number of hydrogen-bond donors (Lipinski definition) is 1. The smallest absolute Gasteiger partial charge is 0.229 e. The van der Waals surface area contributed by atoms with Crippen molar-refractivity contribution in [3.63, 3.8) is 0 Å². The van der Waals surface area contributed by atoms with E-state index in [1.54, 1.807) is 7.11 Å². The molecule has 0 aromatic heterocycles. The molecule has 2 bridgehead atoms. The highest BCUT2D eigenvalue weighted by Crippen LogP contribution is 2.58. The van der Waals surface area contributed by atoms with E-state index in [0.29, 0.717) is 17.7 Å². The summed E-state index contributed by atoms with van der Waals surface area (Å²) in [6.07, 6.45) is 6.89. The summed E-state index contributed by atoms with van der Waals surface area (Å²) in [6, 6.07) is 8.33. The molecule has 4 nitrogen and oxygen atoms in total. The molecule has 1 N–H and O–H groups in total. The van der Waals surface area contributed by atoms with Gasteiger partial charge in [-0.3, -0.25) is 4.79 Å². The Morgan fingerprint density at radius 1 is 1.33 bits per heavy atom. The largest absolute Gasteiger partial charge is 0.497 e. The maximum Gasteiger partial charge on any atom is 0.229 e. The van der Waals surface area contributed by atoms with Gasteiger partial charge < -0.3 is 15.0 Å². The SMILES string of the molecule is CNCC1CCN(C(=O)C2(Cc3cccc(OC)c3)CC3CCC2C3)C1.Cl. The molecular formula is C22H33ClN2O2. The van der Waals surface area contributed by atoms with Crippen molar-refractivity contribution < 1.29 is 9.53 Å². The molecule has 4 rings (SSSR count). The first kappa shape index (κ1) is 20.5. The van der Waals surface area contributed by atoms with E-state index < -0.39 is 0 Å². The maximum atomic E-state index is 13.7. The van der Waals surface area contributed by atoms with Crippen LogP contribution >= 0.6 is 12.4 Å². The molecule has 1 aromatic rings. The van der Waals surface area contributed by atoms with Crippen LogP contribution < -0.4 is 10.1 Å². The van der Waals surface area contributed by atoms with E-state index in [-0.39, 0.29) is 17.8 Å². The zero-order valence-corrected chi connectivity index (χ0v) is 17.4. The van der Waals surface area contributed by atoms with E-state index in [2.05, 4.69) is 28.4 Å². The van der Waals surface area contributed by atoms with Crippen molar-refractivity contribution in [3.8, 4) is 5.75 Å². The lowest BCUT2D eigenvalue weighted by Gasteiger charge is -2.39. The molecule has 5 heteroatoms. The van der Waals surface area contributed by atoms with Crippen LogP contribution in [0.25, 0.3) is 0 Å². The van der Waals surface area contributed by atoms with Gasteiger partial charge in [0.05, 0.1) is 12.5 Å². The van der Waals surface area contributed by atoms with E-state index >= 15 is 0 Å². The zero-order chi connectivity index (χ0) is 18.1. The lowest BCUT2D eigenvalue weighted by Crippen LogP contribution is -2.47. The number of benzene rings is 1. The first-order valence-electron chi connectivity index (χ1n) is 10.2. The average Bonchev–Trinajstić information content (AvgIpc) is 3.38. The van der Waals surface area contributed by atoms with Crippen molar-refractivity contribution >= 4 is 18.3 Å². The van der Waals surface area contributed by atoms with Crippen molar-refractivity contribution in [2.75, 3.05) is 33.8 Å². The first-order valence-corrected chi connectivity index (χ1v) is 10.2. The van der Waals surface area contributed by atoms with Gasteiger partial charge in [-0.25, -0.2) is 0 Å². The van der Waals surface area contributed by atoms with Crippen LogP contribution in [-0.2, 0) is 11.2 Å². The van der Waals surface area contributed by atoms with Crippen LogP contribution in [0, 0.1) is 23.2 Å². The summed E-state index contributed by atoms with van der Waals surface area (Å²) in [5, 5.41) is 3.28. The van der Waals surface area contributed by atoms with Crippen molar-refractivity contribution in [2.45, 2.75) is 38.5 Å². The number of halogens is 1. The average molecular weight is 393 g/mol. The molecular weight excluding hydrogens is 360 g/mol. The molecule has 3 aliphatic rings. The molecule has 2 aliphatic carbocycles. The Kier molecular flexibility index (Phi) is 6.37. The van der Waals surface area contributed by atoms with Gasteiger partial charge in [-0.1, -0.05) is 18.6 Å². The number of likely N-dealkylation sites (tertiary alicyclic amines) is 1. The van der Waals surface area contributed by atoms with Gasteiger partial charge in [-0.05, 0) is 81.1 Å². The van der Waals surface area contributed by atoms with Gasteiger partial charge in [0, 0.05) is 13.1 Å². The summed E-state index contributed by atoms with van der Waals surface area (Å²) >= 11 is 0. The summed E-state index contributed by atoms with van der Waals surface area (Å²) in [6.45, 7) is 2.87. The van der Waals surface area contributed by atoms with Gasteiger partial charge >= 0.3 is 0 Å². The van der Waals surface area contributed by atoms with Crippen LogP contribution in [0.5, 0.6) is 5.75 Å². The van der Waals surface area contributed by atoms with Gasteiger partial charge in [-0.2, -0.15) is 0 Å². The predicted molar refractivity (Wildman–Crippen MR) is 110 cm³/mol. The Hall–Kier alpha value is -1.26. The molecule has 1 heterocycles. The summed E-state index contributed by atoms with van der Waals surface area (Å²) in [4.78, 5) is 15.9. The van der Waals surface area contributed by atoms with Gasteiger partial charge in [0.1, 0.15) is 5.75 Å². The van der Waals surface area contributed by atoms with Crippen LogP contribution in [0.3, 0.4) is 0 Å². The summed E-state index contributed by atoms with van der Waals surface area (Å²) in [7, 11) is 3.72. The first-order chi connectivity index (χ1) is 12.6. The molecule has 4 atom stereocenters. The van der Waals surface area contributed by atoms with Crippen LogP contribution in [0.1, 0.15) is 37.7 Å². The van der Waals surface area contributed by atoms with E-state index in [1.165, 1.54) is 24.8 Å². The number of ether oxygens (including phenoxy) is 1. The van der Waals surface area contributed by atoms with Crippen LogP contribution in [0.4, 0.5) is 0 Å². The van der Waals surface area contributed by atoms with Crippen LogP contribution in [0.15, 0.2) is 24.3 Å². The van der Waals surface area contributed by atoms with E-state index in [4.69, 9.17) is 4.74 Å². The number of rotatable bonds is 6. The lowest BCUT2D eigenvalue weighted by molar-refractivity contribution is -0.144. The van der Waals surface area contributed by atoms with Crippen LogP contribution in [0.2, 0.25) is 0 Å². The highest BCUT2D eigenvalue weighted by Gasteiger charge is 2.56. The quantitative estimate of drug-likeness (QED) is 0.805. The monoisotopic (exact) mass is 392 g/mol. The molecule has 4 unspecified atom stereocenters. The minimum atomic E-state index is -0.177. The Balaban J connectivity index is 0.00000210. The molecule has 2 saturated carbocycles. The number of amides is 1. The topological polar surface area (TPSA) is 41.6 Å². The highest BCUT2D eigenvalue weighted by atomic mass is 35.5. The van der Waals surface area contributed by atoms with Gasteiger partial charge in [0.2, 0.25) is 5.91 Å². The molecule has 0 radical (unpaired) electrons. The number of methoxy groups -OCH3 is 1. The molecule has 3 fully saturated rings. The van der Waals surface area contributed by atoms with Crippen molar-refractivity contribution in [1.29, 1.82) is 0 Å². The molecule has 1 aliphatic heterocycles. The summed E-state index contributed by atoms with van der Waals surface area (Å²) in [5.74, 6) is 3.26. The van der Waals surface area contributed by atoms with Crippen LogP contribution in [-0.4, -0.2) is 44.6 Å². The Morgan fingerprint density at radius 2 is 2.19 bits per heavy atom. The molecule has 0 spiro atoms. The lowest BCUT2D eigenvalue weighted by atomic mass is 9.68. The van der Waals surface area contributed by atoms with Crippen molar-refractivity contribution in [3.05, 3.63) is 29.8 Å². The number of nitrogens with one attached hydrogen (secondary N) is 1. The number of hydrogen-bond acceptors (Lipinski definition) is 3. The number of carbonyl (C=O) groups is 1.